The van der Waals surface area contributed by atoms with Crippen molar-refractivity contribution in [2.45, 2.75) is 63.9 Å². The molecule has 2 N–H and O–H groups in total. The molecular weight excluding hydrogens is 525 g/mol. The number of aromatic nitrogens is 2. The first-order chi connectivity index (χ1) is 17.7. The van der Waals surface area contributed by atoms with Gasteiger partial charge in [0.2, 0.25) is 0 Å². The predicted molar refractivity (Wildman–Crippen MR) is 136 cm³/mol. The van der Waals surface area contributed by atoms with E-state index in [-0.39, 0.29) is 30.9 Å². The van der Waals surface area contributed by atoms with Gasteiger partial charge in [-0.15, -0.1) is 0 Å². The van der Waals surface area contributed by atoms with Crippen LogP contribution in [0.1, 0.15) is 51.7 Å². The number of H-pyrrole nitrogens is 1. The number of rotatable bonds is 10. The topological polar surface area (TPSA) is 138 Å². The average molecular weight is 556 g/mol. The zero-order valence-electron chi connectivity index (χ0n) is 20.5. The van der Waals surface area contributed by atoms with Crippen molar-refractivity contribution < 1.29 is 27.9 Å². The summed E-state index contributed by atoms with van der Waals surface area (Å²) in [5.74, 6) is -0.398. The molecule has 4 unspecified atom stereocenters. The van der Waals surface area contributed by atoms with Gasteiger partial charge >= 0.3 is 19.4 Å². The summed E-state index contributed by atoms with van der Waals surface area (Å²) in [5.41, 5.74) is -1.08. The van der Waals surface area contributed by atoms with Crippen LogP contribution in [0.15, 0.2) is 46.1 Å². The molecule has 2 heterocycles. The van der Waals surface area contributed by atoms with Crippen molar-refractivity contribution in [1.29, 1.82) is 0 Å². The van der Waals surface area contributed by atoms with Gasteiger partial charge in [0.1, 0.15) is 24.6 Å². The maximum atomic E-state index is 13.6. The molecule has 0 spiro atoms. The molecular formula is C24H31ClN3O8P. The van der Waals surface area contributed by atoms with E-state index in [1.807, 2.05) is 6.92 Å². The van der Waals surface area contributed by atoms with Crippen LogP contribution in [0.5, 0.6) is 5.75 Å². The van der Waals surface area contributed by atoms with E-state index in [1.54, 1.807) is 12.1 Å². The lowest BCUT2D eigenvalue weighted by Gasteiger charge is -2.24. The lowest BCUT2D eigenvalue weighted by Crippen LogP contribution is -2.33. The third-order valence-electron chi connectivity index (χ3n) is 6.32. The normalized spacial score (nSPS) is 23.9. The molecule has 11 nitrogen and oxygen atoms in total. The maximum Gasteiger partial charge on any atom is 0.459 e. The van der Waals surface area contributed by atoms with Gasteiger partial charge in [0.25, 0.3) is 5.56 Å². The van der Waals surface area contributed by atoms with Gasteiger partial charge in [0.05, 0.1) is 12.7 Å². The van der Waals surface area contributed by atoms with Gasteiger partial charge in [-0.05, 0) is 56.4 Å². The van der Waals surface area contributed by atoms with Gasteiger partial charge in [-0.2, -0.15) is 0 Å². The lowest BCUT2D eigenvalue weighted by atomic mass is 9.98. The van der Waals surface area contributed by atoms with E-state index in [0.717, 1.165) is 32.1 Å². The molecule has 2 fully saturated rings. The summed E-state index contributed by atoms with van der Waals surface area (Å²) in [6.07, 6.45) is 5.38. The van der Waals surface area contributed by atoms with E-state index in [2.05, 4.69) is 10.1 Å². The van der Waals surface area contributed by atoms with E-state index in [9.17, 15) is 18.9 Å². The first kappa shape index (κ1) is 27.6. The molecule has 2 aromatic rings. The van der Waals surface area contributed by atoms with Crippen LogP contribution in [0, 0.1) is 5.92 Å². The number of benzene rings is 1. The molecule has 0 bridgehead atoms. The van der Waals surface area contributed by atoms with Crippen LogP contribution in [-0.4, -0.2) is 40.9 Å². The highest BCUT2D eigenvalue weighted by atomic mass is 35.5. The third-order valence-corrected chi connectivity index (χ3v) is 8.05. The van der Waals surface area contributed by atoms with Crippen molar-refractivity contribution in [3.05, 3.63) is 62.4 Å². The SMILES string of the molecule is CC1CC(COP(=O)(NCC(=O)OC2CCCCC2)Oc2ccc(Cl)cc2)OC1n1ccc(=O)[nH]c1=O. The van der Waals surface area contributed by atoms with E-state index in [1.165, 1.54) is 29.0 Å². The van der Waals surface area contributed by atoms with Crippen LogP contribution >= 0.6 is 19.3 Å². The minimum atomic E-state index is -4.03. The van der Waals surface area contributed by atoms with Gasteiger partial charge in [-0.25, -0.2) is 14.4 Å². The van der Waals surface area contributed by atoms with Gasteiger partial charge in [-0.1, -0.05) is 24.9 Å². The molecule has 4 atom stereocenters. The molecule has 0 amide bonds. The zero-order chi connectivity index (χ0) is 26.4. The number of carbonyl (C=O) groups excluding carboxylic acids is 1. The molecule has 1 saturated heterocycles. The number of carbonyl (C=O) groups is 1. The van der Waals surface area contributed by atoms with Crippen LogP contribution in [-0.2, 0) is 23.4 Å². The Morgan fingerprint density at radius 3 is 2.62 bits per heavy atom. The van der Waals surface area contributed by atoms with Crippen molar-refractivity contribution in [3.63, 3.8) is 0 Å². The number of aromatic amines is 1. The van der Waals surface area contributed by atoms with Crippen molar-refractivity contribution in [2.75, 3.05) is 13.2 Å². The number of hydrogen-bond donors (Lipinski definition) is 2. The van der Waals surface area contributed by atoms with E-state index < -0.39 is 37.3 Å². The Hall–Kier alpha value is -2.43. The standard InChI is InChI=1S/C24H31ClN3O8P/c1-16-13-20(35-23(16)28-12-11-21(29)27-24(28)31)15-33-37(32,36-19-9-7-17(25)8-10-19)26-14-22(30)34-18-5-3-2-4-6-18/h7-12,16,18,20,23H,2-6,13-15H2,1H3,(H,26,32)(H,27,29,31). The Kier molecular flexibility index (Phi) is 9.26. The number of esters is 1. The maximum absolute atomic E-state index is 13.6. The van der Waals surface area contributed by atoms with Crippen LogP contribution in [0.25, 0.3) is 0 Å². The van der Waals surface area contributed by atoms with Gasteiger partial charge in [0, 0.05) is 23.2 Å². The Bertz CT molecular complexity index is 1230. The molecule has 1 saturated carbocycles. The summed E-state index contributed by atoms with van der Waals surface area (Å²) in [4.78, 5) is 38.2. The largest absolute Gasteiger partial charge is 0.461 e. The zero-order valence-corrected chi connectivity index (χ0v) is 22.1. The molecule has 0 radical (unpaired) electrons. The van der Waals surface area contributed by atoms with Crippen molar-refractivity contribution in [3.8, 4) is 5.75 Å². The first-order valence-corrected chi connectivity index (χ1v) is 14.2. The average Bonchev–Trinajstić information content (AvgIpc) is 3.24. The second-order valence-corrected chi connectivity index (χ2v) is 11.5. The van der Waals surface area contributed by atoms with E-state index in [0.29, 0.717) is 11.4 Å². The Morgan fingerprint density at radius 1 is 1.19 bits per heavy atom. The molecule has 37 heavy (non-hydrogen) atoms. The first-order valence-electron chi connectivity index (χ1n) is 12.3. The lowest BCUT2D eigenvalue weighted by molar-refractivity contribution is -0.149. The number of nitrogens with zero attached hydrogens (tertiary/aromatic N) is 1. The van der Waals surface area contributed by atoms with Crippen LogP contribution in [0.3, 0.4) is 0 Å². The van der Waals surface area contributed by atoms with E-state index in [4.69, 9.17) is 30.1 Å². The quantitative estimate of drug-likeness (QED) is 0.331. The molecule has 1 aromatic heterocycles. The molecule has 1 aromatic carbocycles. The molecule has 2 aliphatic rings. The fraction of sp³-hybridized carbons (Fsp3) is 0.542. The molecule has 202 valence electrons. The van der Waals surface area contributed by atoms with Crippen molar-refractivity contribution in [2.24, 2.45) is 5.92 Å². The van der Waals surface area contributed by atoms with Crippen LogP contribution in [0.2, 0.25) is 5.02 Å². The minimum absolute atomic E-state index is 0.0906. The van der Waals surface area contributed by atoms with E-state index >= 15 is 0 Å². The number of hydrogen-bond acceptors (Lipinski definition) is 8. The molecule has 1 aliphatic heterocycles. The third kappa shape index (κ3) is 7.78. The summed E-state index contributed by atoms with van der Waals surface area (Å²) in [7, 11) is -4.03. The Morgan fingerprint density at radius 2 is 1.92 bits per heavy atom. The second-order valence-electron chi connectivity index (χ2n) is 9.30. The number of ether oxygens (including phenoxy) is 2. The highest BCUT2D eigenvalue weighted by molar-refractivity contribution is 7.52. The number of halogens is 1. The molecule has 4 rings (SSSR count). The monoisotopic (exact) mass is 555 g/mol. The molecule has 13 heteroatoms. The number of nitrogens with one attached hydrogen (secondary N) is 2. The Balaban J connectivity index is 1.39. The van der Waals surface area contributed by atoms with Crippen molar-refractivity contribution >= 4 is 25.3 Å². The summed E-state index contributed by atoms with van der Waals surface area (Å²) in [5, 5.41) is 3.07. The van der Waals surface area contributed by atoms with Crippen LogP contribution in [0.4, 0.5) is 0 Å². The Labute approximate surface area is 219 Å². The van der Waals surface area contributed by atoms with Gasteiger partial charge in [-0.3, -0.25) is 23.7 Å². The summed E-state index contributed by atoms with van der Waals surface area (Å²) in [6.45, 7) is 1.40. The highest BCUT2D eigenvalue weighted by Gasteiger charge is 2.37. The molecule has 1 aliphatic carbocycles. The van der Waals surface area contributed by atoms with Crippen LogP contribution < -0.4 is 20.9 Å². The second kappa shape index (κ2) is 12.4. The fourth-order valence-electron chi connectivity index (χ4n) is 4.48. The van der Waals surface area contributed by atoms with Gasteiger partial charge < -0.3 is 14.0 Å². The minimum Gasteiger partial charge on any atom is -0.461 e. The predicted octanol–water partition coefficient (Wildman–Crippen LogP) is 3.78. The summed E-state index contributed by atoms with van der Waals surface area (Å²) < 4.78 is 37.7. The summed E-state index contributed by atoms with van der Waals surface area (Å²) in [6, 6.07) is 7.46. The van der Waals surface area contributed by atoms with Gasteiger partial charge in [0.15, 0.2) is 0 Å². The van der Waals surface area contributed by atoms with Crippen molar-refractivity contribution in [1.82, 2.24) is 14.6 Å². The summed E-state index contributed by atoms with van der Waals surface area (Å²) >= 11 is 5.93. The smallest absolute Gasteiger partial charge is 0.459 e. The fourth-order valence-corrected chi connectivity index (χ4v) is 5.90. The highest BCUT2D eigenvalue weighted by Crippen LogP contribution is 2.45.